The second-order valence-corrected chi connectivity index (χ2v) is 5.14. The Morgan fingerprint density at radius 2 is 2.26 bits per heavy atom. The van der Waals surface area contributed by atoms with E-state index in [9.17, 15) is 18.0 Å². The summed E-state index contributed by atoms with van der Waals surface area (Å²) in [5.74, 6) is -0.384. The molecule has 0 saturated carbocycles. The molecule has 0 aliphatic carbocycles. The minimum atomic E-state index is -4.66. The van der Waals surface area contributed by atoms with Gasteiger partial charge in [0.1, 0.15) is 0 Å². The standard InChI is InChI=1S/C11H15F3N2O2S/c1-16(6-9(17)11(12,13)14)7-10(18)15-5-8-3-2-4-19-8/h2-4,9,17H,5-7H2,1H3,(H,15,18). The number of thiophene rings is 1. The molecule has 8 heteroatoms. The first-order chi connectivity index (χ1) is 8.79. The molecule has 4 nitrogen and oxygen atoms in total. The van der Waals surface area contributed by atoms with Gasteiger partial charge in [-0.1, -0.05) is 6.07 Å². The number of halogens is 3. The summed E-state index contributed by atoms with van der Waals surface area (Å²) in [5, 5.41) is 13.3. The zero-order chi connectivity index (χ0) is 14.5. The minimum Gasteiger partial charge on any atom is -0.382 e. The lowest BCUT2D eigenvalue weighted by molar-refractivity contribution is -0.207. The lowest BCUT2D eigenvalue weighted by Gasteiger charge is -2.21. The van der Waals surface area contributed by atoms with Crippen molar-refractivity contribution in [3.8, 4) is 0 Å². The molecule has 0 aromatic carbocycles. The Morgan fingerprint density at radius 1 is 1.58 bits per heavy atom. The van der Waals surface area contributed by atoms with Crippen LogP contribution in [-0.4, -0.2) is 48.3 Å². The number of likely N-dealkylation sites (N-methyl/N-ethyl adjacent to an activating group) is 1. The average Bonchev–Trinajstić information content (AvgIpc) is 2.77. The van der Waals surface area contributed by atoms with E-state index >= 15 is 0 Å². The number of aliphatic hydroxyl groups excluding tert-OH is 1. The third-order valence-corrected chi connectivity index (χ3v) is 3.19. The highest BCUT2D eigenvalue weighted by molar-refractivity contribution is 7.09. The Balaban J connectivity index is 2.28. The van der Waals surface area contributed by atoms with Gasteiger partial charge in [-0.2, -0.15) is 13.2 Å². The van der Waals surface area contributed by atoms with Crippen LogP contribution in [0.5, 0.6) is 0 Å². The van der Waals surface area contributed by atoms with E-state index < -0.39 is 18.8 Å². The maximum Gasteiger partial charge on any atom is 0.415 e. The van der Waals surface area contributed by atoms with Crippen molar-refractivity contribution in [1.29, 1.82) is 0 Å². The van der Waals surface area contributed by atoms with Crippen LogP contribution in [-0.2, 0) is 11.3 Å². The predicted molar refractivity (Wildman–Crippen MR) is 65.7 cm³/mol. The van der Waals surface area contributed by atoms with Gasteiger partial charge in [-0.15, -0.1) is 11.3 Å². The predicted octanol–water partition coefficient (Wildman–Crippen LogP) is 1.22. The van der Waals surface area contributed by atoms with Crippen molar-refractivity contribution < 1.29 is 23.1 Å². The van der Waals surface area contributed by atoms with Gasteiger partial charge in [-0.3, -0.25) is 9.69 Å². The molecule has 1 aromatic rings. The number of carbonyl (C=O) groups excluding carboxylic acids is 1. The minimum absolute atomic E-state index is 0.196. The van der Waals surface area contributed by atoms with Crippen LogP contribution in [0.2, 0.25) is 0 Å². The third-order valence-electron chi connectivity index (χ3n) is 2.32. The molecule has 1 heterocycles. The Kier molecular flexibility index (Phi) is 5.77. The quantitative estimate of drug-likeness (QED) is 0.830. The molecule has 108 valence electrons. The first kappa shape index (κ1) is 15.9. The average molecular weight is 296 g/mol. The van der Waals surface area contributed by atoms with Gasteiger partial charge in [-0.25, -0.2) is 0 Å². The van der Waals surface area contributed by atoms with E-state index in [1.54, 1.807) is 0 Å². The molecule has 1 rings (SSSR count). The second kappa shape index (κ2) is 6.88. The number of amides is 1. The molecular formula is C11H15F3N2O2S. The van der Waals surface area contributed by atoms with Crippen LogP contribution in [0.1, 0.15) is 4.88 Å². The zero-order valence-corrected chi connectivity index (χ0v) is 11.1. The van der Waals surface area contributed by atoms with Gasteiger partial charge in [-0.05, 0) is 18.5 Å². The fourth-order valence-electron chi connectivity index (χ4n) is 1.36. The fourth-order valence-corrected chi connectivity index (χ4v) is 2.01. The van der Waals surface area contributed by atoms with Crippen molar-refractivity contribution in [2.45, 2.75) is 18.8 Å². The largest absolute Gasteiger partial charge is 0.415 e. The molecule has 2 N–H and O–H groups in total. The van der Waals surface area contributed by atoms with E-state index in [2.05, 4.69) is 5.32 Å². The summed E-state index contributed by atoms with van der Waals surface area (Å²) in [5.41, 5.74) is 0. The van der Waals surface area contributed by atoms with Crippen molar-refractivity contribution in [3.63, 3.8) is 0 Å². The highest BCUT2D eigenvalue weighted by Gasteiger charge is 2.38. The Labute approximate surface area is 112 Å². The topological polar surface area (TPSA) is 52.6 Å². The fraction of sp³-hybridized carbons (Fsp3) is 0.545. The first-order valence-corrected chi connectivity index (χ1v) is 6.39. The van der Waals surface area contributed by atoms with E-state index in [0.29, 0.717) is 6.54 Å². The van der Waals surface area contributed by atoms with Crippen LogP contribution < -0.4 is 5.32 Å². The van der Waals surface area contributed by atoms with Crippen LogP contribution in [0.4, 0.5) is 13.2 Å². The van der Waals surface area contributed by atoms with Gasteiger partial charge < -0.3 is 10.4 Å². The summed E-state index contributed by atoms with van der Waals surface area (Å²) in [7, 11) is 1.35. The number of nitrogens with one attached hydrogen (secondary N) is 1. The Hall–Kier alpha value is -1.12. The molecule has 0 radical (unpaired) electrons. The van der Waals surface area contributed by atoms with Crippen molar-refractivity contribution in [2.24, 2.45) is 0 Å². The number of rotatable bonds is 6. The lowest BCUT2D eigenvalue weighted by Crippen LogP contribution is -2.43. The summed E-state index contributed by atoms with van der Waals surface area (Å²) in [4.78, 5) is 13.6. The number of alkyl halides is 3. The molecule has 0 aliphatic heterocycles. The number of aliphatic hydroxyl groups is 1. The molecule has 0 fully saturated rings. The van der Waals surface area contributed by atoms with E-state index in [-0.39, 0.29) is 12.5 Å². The van der Waals surface area contributed by atoms with Gasteiger partial charge in [0.25, 0.3) is 0 Å². The maximum atomic E-state index is 12.1. The van der Waals surface area contributed by atoms with Crippen molar-refractivity contribution in [1.82, 2.24) is 10.2 Å². The van der Waals surface area contributed by atoms with Gasteiger partial charge in [0.05, 0.1) is 13.1 Å². The van der Waals surface area contributed by atoms with Crippen LogP contribution in [0.3, 0.4) is 0 Å². The summed E-state index contributed by atoms with van der Waals surface area (Å²) in [6.07, 6.45) is -7.11. The highest BCUT2D eigenvalue weighted by atomic mass is 32.1. The first-order valence-electron chi connectivity index (χ1n) is 5.51. The van der Waals surface area contributed by atoms with Crippen LogP contribution in [0.25, 0.3) is 0 Å². The summed E-state index contributed by atoms with van der Waals surface area (Å²) in [6, 6.07) is 3.69. The zero-order valence-electron chi connectivity index (χ0n) is 10.3. The monoisotopic (exact) mass is 296 g/mol. The summed E-state index contributed by atoms with van der Waals surface area (Å²) >= 11 is 1.48. The number of hydrogen-bond donors (Lipinski definition) is 2. The maximum absolute atomic E-state index is 12.1. The van der Waals surface area contributed by atoms with E-state index in [4.69, 9.17) is 5.11 Å². The van der Waals surface area contributed by atoms with E-state index in [1.807, 2.05) is 17.5 Å². The summed E-state index contributed by atoms with van der Waals surface area (Å²) < 4.78 is 36.3. The molecular weight excluding hydrogens is 281 g/mol. The van der Waals surface area contributed by atoms with Crippen LogP contribution >= 0.6 is 11.3 Å². The molecule has 0 spiro atoms. The Bertz CT molecular complexity index is 395. The Morgan fingerprint density at radius 3 is 2.79 bits per heavy atom. The van der Waals surface area contributed by atoms with E-state index in [0.717, 1.165) is 9.78 Å². The van der Waals surface area contributed by atoms with Gasteiger partial charge in [0, 0.05) is 11.4 Å². The second-order valence-electron chi connectivity index (χ2n) is 4.11. The van der Waals surface area contributed by atoms with E-state index in [1.165, 1.54) is 18.4 Å². The highest BCUT2D eigenvalue weighted by Crippen LogP contribution is 2.20. The molecule has 1 amide bonds. The van der Waals surface area contributed by atoms with Crippen molar-refractivity contribution in [3.05, 3.63) is 22.4 Å². The molecule has 0 saturated heterocycles. The molecule has 0 aliphatic rings. The molecule has 1 unspecified atom stereocenters. The molecule has 19 heavy (non-hydrogen) atoms. The van der Waals surface area contributed by atoms with Gasteiger partial charge in [0.15, 0.2) is 6.10 Å². The van der Waals surface area contributed by atoms with Crippen molar-refractivity contribution in [2.75, 3.05) is 20.1 Å². The number of carbonyl (C=O) groups is 1. The molecule has 1 atom stereocenters. The van der Waals surface area contributed by atoms with Gasteiger partial charge in [0.2, 0.25) is 5.91 Å². The molecule has 1 aromatic heterocycles. The number of hydrogen-bond acceptors (Lipinski definition) is 4. The van der Waals surface area contributed by atoms with Crippen LogP contribution in [0, 0.1) is 0 Å². The van der Waals surface area contributed by atoms with Crippen molar-refractivity contribution >= 4 is 17.2 Å². The number of nitrogens with zero attached hydrogens (tertiary/aromatic N) is 1. The third kappa shape index (κ3) is 6.04. The van der Waals surface area contributed by atoms with Gasteiger partial charge >= 0.3 is 6.18 Å². The smallest absolute Gasteiger partial charge is 0.382 e. The van der Waals surface area contributed by atoms with Crippen LogP contribution in [0.15, 0.2) is 17.5 Å². The lowest BCUT2D eigenvalue weighted by atomic mass is 10.3. The normalized spacial score (nSPS) is 13.6. The molecule has 0 bridgehead atoms. The summed E-state index contributed by atoms with van der Waals surface area (Å²) in [6.45, 7) is -0.472. The SMILES string of the molecule is CN(CC(=O)NCc1cccs1)CC(O)C(F)(F)F.